The van der Waals surface area contributed by atoms with Gasteiger partial charge in [-0.05, 0) is 42.9 Å². The largest absolute Gasteiger partial charge is 0.466 e. The maximum Gasteiger partial charge on any atom is 0.337 e. The summed E-state index contributed by atoms with van der Waals surface area (Å²) < 4.78 is 38.6. The number of cyclic esters (lactones) is 1. The van der Waals surface area contributed by atoms with Crippen molar-refractivity contribution in [3.05, 3.63) is 57.4 Å². The lowest BCUT2D eigenvalue weighted by atomic mass is 9.78. The minimum atomic E-state index is -0.922. The number of methoxy groups -OCH3 is 1. The van der Waals surface area contributed by atoms with Crippen molar-refractivity contribution in [3.8, 4) is 0 Å². The van der Waals surface area contributed by atoms with Crippen molar-refractivity contribution in [2.75, 3.05) is 13.7 Å². The van der Waals surface area contributed by atoms with E-state index in [1.165, 1.54) is 13.2 Å². The fourth-order valence-corrected chi connectivity index (χ4v) is 3.80. The highest BCUT2D eigenvalue weighted by molar-refractivity contribution is 6.01. The average molecular weight is 361 g/mol. The molecule has 7 heteroatoms. The fourth-order valence-electron chi connectivity index (χ4n) is 3.80. The van der Waals surface area contributed by atoms with Gasteiger partial charge in [0.1, 0.15) is 18.2 Å². The summed E-state index contributed by atoms with van der Waals surface area (Å²) in [7, 11) is 1.23. The Labute approximate surface area is 148 Å². The van der Waals surface area contributed by atoms with Gasteiger partial charge in [0, 0.05) is 11.8 Å². The molecule has 3 aliphatic rings. The summed E-state index contributed by atoms with van der Waals surface area (Å²) in [4.78, 5) is 24.8. The van der Waals surface area contributed by atoms with Crippen LogP contribution in [0.25, 0.3) is 0 Å². The van der Waals surface area contributed by atoms with E-state index in [9.17, 15) is 18.4 Å². The van der Waals surface area contributed by atoms with E-state index in [4.69, 9.17) is 9.47 Å². The fraction of sp³-hybridized carbons (Fsp3) is 0.368. The Morgan fingerprint density at radius 3 is 2.69 bits per heavy atom. The zero-order chi connectivity index (χ0) is 18.6. The number of ether oxygens (including phenoxy) is 2. The molecule has 5 nitrogen and oxygen atoms in total. The van der Waals surface area contributed by atoms with Crippen molar-refractivity contribution in [1.29, 1.82) is 0 Å². The molecule has 2 heterocycles. The van der Waals surface area contributed by atoms with E-state index in [2.05, 4.69) is 5.32 Å². The summed E-state index contributed by atoms with van der Waals surface area (Å²) in [6.07, 6.45) is 1.57. The minimum absolute atomic E-state index is 0.0347. The first kappa shape index (κ1) is 16.8. The molecular weight excluding hydrogens is 344 g/mol. The zero-order valence-electron chi connectivity index (χ0n) is 14.3. The van der Waals surface area contributed by atoms with Gasteiger partial charge in [-0.1, -0.05) is 0 Å². The number of carbonyl (C=O) groups excluding carboxylic acids is 2. The Kier molecular flexibility index (Phi) is 3.82. The molecule has 1 atom stereocenters. The van der Waals surface area contributed by atoms with Gasteiger partial charge in [0.15, 0.2) is 0 Å². The first-order valence-electron chi connectivity index (χ1n) is 8.37. The molecule has 1 aliphatic carbocycles. The number of hydrogen-bond donors (Lipinski definition) is 1. The lowest BCUT2D eigenvalue weighted by Gasteiger charge is -2.29. The van der Waals surface area contributed by atoms with Gasteiger partial charge >= 0.3 is 11.9 Å². The molecule has 1 aromatic carbocycles. The maximum absolute atomic E-state index is 14.6. The molecule has 0 radical (unpaired) electrons. The van der Waals surface area contributed by atoms with Crippen molar-refractivity contribution in [3.63, 3.8) is 0 Å². The molecule has 26 heavy (non-hydrogen) atoms. The number of benzene rings is 1. The van der Waals surface area contributed by atoms with Crippen LogP contribution in [0.2, 0.25) is 0 Å². The monoisotopic (exact) mass is 361 g/mol. The van der Waals surface area contributed by atoms with Gasteiger partial charge in [0.25, 0.3) is 0 Å². The van der Waals surface area contributed by atoms with Crippen molar-refractivity contribution in [2.45, 2.75) is 31.6 Å². The number of carbonyl (C=O) groups is 2. The standard InChI is InChI=1S/C19H17F2NO4/c1-8-14(18(23)25-2)16(17-13(22-8)7-26-19(17)24)11-5-10(20)6-12(21)15(11)9-3-4-9/h5-6,9,16,22H,3-4,7H2,1-2H3/t16-/m1/s1. The number of halogens is 2. The Balaban J connectivity index is 1.98. The molecule has 0 unspecified atom stereocenters. The maximum atomic E-state index is 14.6. The number of rotatable bonds is 3. The van der Waals surface area contributed by atoms with E-state index < -0.39 is 29.5 Å². The predicted octanol–water partition coefficient (Wildman–Crippen LogP) is 2.79. The molecule has 1 fully saturated rings. The van der Waals surface area contributed by atoms with E-state index in [1.54, 1.807) is 6.92 Å². The van der Waals surface area contributed by atoms with Crippen LogP contribution in [-0.2, 0) is 19.1 Å². The molecule has 1 aromatic rings. The molecule has 4 rings (SSSR count). The SMILES string of the molecule is COC(=O)C1=C(C)NC2=C(C(=O)OC2)[C@@H]1c1cc(F)cc(F)c1C1CC1. The Morgan fingerprint density at radius 1 is 1.31 bits per heavy atom. The molecule has 2 aliphatic heterocycles. The van der Waals surface area contributed by atoms with Crippen LogP contribution in [0.15, 0.2) is 34.7 Å². The quantitative estimate of drug-likeness (QED) is 0.839. The normalized spacial score (nSPS) is 22.2. The van der Waals surface area contributed by atoms with Gasteiger partial charge < -0.3 is 14.8 Å². The van der Waals surface area contributed by atoms with Crippen molar-refractivity contribution >= 4 is 11.9 Å². The van der Waals surface area contributed by atoms with Crippen LogP contribution in [0, 0.1) is 11.6 Å². The highest BCUT2D eigenvalue weighted by atomic mass is 19.1. The third kappa shape index (κ3) is 2.50. The molecule has 1 saturated carbocycles. The van der Waals surface area contributed by atoms with Crippen LogP contribution >= 0.6 is 0 Å². The van der Waals surface area contributed by atoms with Crippen LogP contribution in [0.5, 0.6) is 0 Å². The second-order valence-electron chi connectivity index (χ2n) is 6.72. The minimum Gasteiger partial charge on any atom is -0.466 e. The average Bonchev–Trinajstić information content (AvgIpc) is 3.36. The summed E-state index contributed by atoms with van der Waals surface area (Å²) >= 11 is 0. The summed E-state index contributed by atoms with van der Waals surface area (Å²) in [5, 5.41) is 2.99. The number of hydrogen-bond acceptors (Lipinski definition) is 5. The van der Waals surface area contributed by atoms with Crippen LogP contribution in [0.4, 0.5) is 8.78 Å². The Hall–Kier alpha value is -2.70. The molecule has 0 saturated heterocycles. The van der Waals surface area contributed by atoms with Gasteiger partial charge in [0.05, 0.1) is 29.9 Å². The highest BCUT2D eigenvalue weighted by Crippen LogP contribution is 2.49. The van der Waals surface area contributed by atoms with E-state index in [-0.39, 0.29) is 29.2 Å². The van der Waals surface area contributed by atoms with Crippen molar-refractivity contribution in [2.24, 2.45) is 0 Å². The van der Waals surface area contributed by atoms with Crippen LogP contribution in [0.1, 0.15) is 42.7 Å². The van der Waals surface area contributed by atoms with E-state index in [0.29, 0.717) is 17.0 Å². The van der Waals surface area contributed by atoms with Gasteiger partial charge in [0.2, 0.25) is 0 Å². The third-order valence-electron chi connectivity index (χ3n) is 5.04. The highest BCUT2D eigenvalue weighted by Gasteiger charge is 2.44. The molecule has 0 aromatic heterocycles. The smallest absolute Gasteiger partial charge is 0.337 e. The van der Waals surface area contributed by atoms with E-state index >= 15 is 0 Å². The number of allylic oxidation sites excluding steroid dienone is 1. The zero-order valence-corrected chi connectivity index (χ0v) is 14.3. The Bertz CT molecular complexity index is 899. The molecule has 1 N–H and O–H groups in total. The van der Waals surface area contributed by atoms with Crippen molar-refractivity contribution < 1.29 is 27.8 Å². The summed E-state index contributed by atoms with van der Waals surface area (Å²) in [6.45, 7) is 1.70. The molecule has 0 bridgehead atoms. The summed E-state index contributed by atoms with van der Waals surface area (Å²) in [5.41, 5.74) is 2.01. The number of nitrogens with one attached hydrogen (secondary N) is 1. The summed E-state index contributed by atoms with van der Waals surface area (Å²) in [6, 6.07) is 2.05. The third-order valence-corrected chi connectivity index (χ3v) is 5.04. The lowest BCUT2D eigenvalue weighted by molar-refractivity contribution is -0.136. The van der Waals surface area contributed by atoms with E-state index in [0.717, 1.165) is 18.9 Å². The second kappa shape index (κ2) is 5.93. The van der Waals surface area contributed by atoms with Crippen LogP contribution < -0.4 is 5.32 Å². The first-order chi connectivity index (χ1) is 12.4. The summed E-state index contributed by atoms with van der Waals surface area (Å²) in [5.74, 6) is -3.63. The van der Waals surface area contributed by atoms with Gasteiger partial charge in [-0.15, -0.1) is 0 Å². The molecule has 0 spiro atoms. The van der Waals surface area contributed by atoms with Gasteiger partial charge in [-0.2, -0.15) is 0 Å². The van der Waals surface area contributed by atoms with Crippen LogP contribution in [0.3, 0.4) is 0 Å². The number of dihydropyridines is 1. The van der Waals surface area contributed by atoms with Gasteiger partial charge in [-0.3, -0.25) is 0 Å². The first-order valence-corrected chi connectivity index (χ1v) is 8.37. The molecule has 136 valence electrons. The Morgan fingerprint density at radius 2 is 2.04 bits per heavy atom. The van der Waals surface area contributed by atoms with Crippen molar-refractivity contribution in [1.82, 2.24) is 5.32 Å². The van der Waals surface area contributed by atoms with Gasteiger partial charge in [-0.25, -0.2) is 18.4 Å². The van der Waals surface area contributed by atoms with E-state index in [1.807, 2.05) is 0 Å². The number of esters is 2. The molecule has 0 amide bonds. The topological polar surface area (TPSA) is 64.6 Å². The lowest BCUT2D eigenvalue weighted by Crippen LogP contribution is -2.30. The van der Waals surface area contributed by atoms with Crippen LogP contribution in [-0.4, -0.2) is 25.7 Å². The molecular formula is C19H17F2NO4. The predicted molar refractivity (Wildman–Crippen MR) is 86.9 cm³/mol. The second-order valence-corrected chi connectivity index (χ2v) is 6.72.